The number of rotatable bonds is 4. The zero-order valence-corrected chi connectivity index (χ0v) is 14.8. The van der Waals surface area contributed by atoms with E-state index in [-0.39, 0.29) is 17.6 Å². The van der Waals surface area contributed by atoms with E-state index >= 15 is 0 Å². The summed E-state index contributed by atoms with van der Waals surface area (Å²) in [5.41, 5.74) is 2.30. The van der Waals surface area contributed by atoms with E-state index in [4.69, 9.17) is 0 Å². The van der Waals surface area contributed by atoms with E-state index in [9.17, 15) is 18.0 Å². The lowest BCUT2D eigenvalue weighted by molar-refractivity contribution is -0.274. The number of carbonyl (C=O) groups is 1. The largest absolute Gasteiger partial charge is 0.573 e. The first kappa shape index (κ1) is 18.7. The van der Waals surface area contributed by atoms with Crippen molar-refractivity contribution >= 4 is 17.2 Å². The molecule has 2 aromatic heterocycles. The Balaban J connectivity index is 2.08. The fraction of sp³-hybridized carbons (Fsp3) is 0.278. The summed E-state index contributed by atoms with van der Waals surface area (Å²) < 4.78 is 42.6. The van der Waals surface area contributed by atoms with Crippen LogP contribution in [-0.4, -0.2) is 26.9 Å². The molecular weight excluding hydrogens is 361 g/mol. The highest BCUT2D eigenvalue weighted by Crippen LogP contribution is 2.30. The van der Waals surface area contributed by atoms with Gasteiger partial charge in [0, 0.05) is 24.6 Å². The van der Waals surface area contributed by atoms with Gasteiger partial charge >= 0.3 is 6.36 Å². The van der Waals surface area contributed by atoms with Crippen LogP contribution in [0.2, 0.25) is 0 Å². The maximum absolute atomic E-state index is 12.3. The second-order valence-corrected chi connectivity index (χ2v) is 6.30. The second kappa shape index (κ2) is 6.90. The SMILES string of the molecule is CC(=O)Nc1cc(-c2ccc(OC(F)(F)F)cc2)cn2c(C(C)C)nnc12. The van der Waals surface area contributed by atoms with Gasteiger partial charge < -0.3 is 10.1 Å². The van der Waals surface area contributed by atoms with Crippen LogP contribution in [0.25, 0.3) is 16.8 Å². The molecule has 1 amide bonds. The van der Waals surface area contributed by atoms with E-state index in [2.05, 4.69) is 20.3 Å². The summed E-state index contributed by atoms with van der Waals surface area (Å²) in [5, 5.41) is 11.0. The fourth-order valence-corrected chi connectivity index (χ4v) is 2.69. The average molecular weight is 378 g/mol. The molecule has 9 heteroatoms. The van der Waals surface area contributed by atoms with Crippen molar-refractivity contribution < 1.29 is 22.7 Å². The molecule has 3 rings (SSSR count). The normalized spacial score (nSPS) is 11.8. The molecule has 0 atom stereocenters. The number of carbonyl (C=O) groups excluding carboxylic acids is 1. The summed E-state index contributed by atoms with van der Waals surface area (Å²) in [6.45, 7) is 5.31. The van der Waals surface area contributed by atoms with Gasteiger partial charge in [-0.05, 0) is 23.8 Å². The Labute approximate surface area is 153 Å². The van der Waals surface area contributed by atoms with Crippen LogP contribution in [0.1, 0.15) is 32.5 Å². The molecule has 0 saturated carbocycles. The molecular formula is C18H17F3N4O2. The summed E-state index contributed by atoms with van der Waals surface area (Å²) in [7, 11) is 0. The number of halogens is 3. The van der Waals surface area contributed by atoms with Crippen molar-refractivity contribution in [3.63, 3.8) is 0 Å². The van der Waals surface area contributed by atoms with E-state index < -0.39 is 6.36 Å². The van der Waals surface area contributed by atoms with Crippen LogP contribution >= 0.6 is 0 Å². The molecule has 0 spiro atoms. The van der Waals surface area contributed by atoms with Crippen LogP contribution in [0.4, 0.5) is 18.9 Å². The highest BCUT2D eigenvalue weighted by atomic mass is 19.4. The van der Waals surface area contributed by atoms with Crippen LogP contribution in [0, 0.1) is 0 Å². The predicted molar refractivity (Wildman–Crippen MR) is 93.5 cm³/mol. The maximum atomic E-state index is 12.3. The number of pyridine rings is 1. The molecule has 142 valence electrons. The van der Waals surface area contributed by atoms with Gasteiger partial charge in [0.25, 0.3) is 0 Å². The Morgan fingerprint density at radius 1 is 1.15 bits per heavy atom. The van der Waals surface area contributed by atoms with Gasteiger partial charge in [-0.2, -0.15) is 0 Å². The number of hydrogen-bond acceptors (Lipinski definition) is 4. The van der Waals surface area contributed by atoms with E-state index in [1.165, 1.54) is 31.2 Å². The highest BCUT2D eigenvalue weighted by molar-refractivity contribution is 5.93. The highest BCUT2D eigenvalue weighted by Gasteiger charge is 2.31. The minimum atomic E-state index is -4.74. The molecule has 1 aromatic carbocycles. The number of nitrogens with one attached hydrogen (secondary N) is 1. The van der Waals surface area contributed by atoms with Crippen LogP contribution in [0.15, 0.2) is 36.5 Å². The number of hydrogen-bond donors (Lipinski definition) is 1. The molecule has 0 aliphatic carbocycles. The molecule has 0 aliphatic rings. The lowest BCUT2D eigenvalue weighted by Gasteiger charge is -2.12. The van der Waals surface area contributed by atoms with Crippen molar-refractivity contribution in [3.8, 4) is 16.9 Å². The van der Waals surface area contributed by atoms with Gasteiger partial charge in [-0.15, -0.1) is 23.4 Å². The van der Waals surface area contributed by atoms with Crippen molar-refractivity contribution in [2.45, 2.75) is 33.1 Å². The maximum Gasteiger partial charge on any atom is 0.573 e. The Hall–Kier alpha value is -3.10. The molecule has 0 saturated heterocycles. The zero-order chi connectivity index (χ0) is 19.8. The van der Waals surface area contributed by atoms with Crippen molar-refractivity contribution in [2.75, 3.05) is 5.32 Å². The number of anilines is 1. The van der Waals surface area contributed by atoms with Gasteiger partial charge in [-0.3, -0.25) is 9.20 Å². The third-order valence-corrected chi connectivity index (χ3v) is 3.78. The van der Waals surface area contributed by atoms with Crippen LogP contribution in [0.5, 0.6) is 5.75 Å². The minimum Gasteiger partial charge on any atom is -0.406 e. The molecule has 27 heavy (non-hydrogen) atoms. The van der Waals surface area contributed by atoms with Gasteiger partial charge in [0.05, 0.1) is 5.69 Å². The number of ether oxygens (including phenoxy) is 1. The van der Waals surface area contributed by atoms with E-state index in [1.807, 2.05) is 13.8 Å². The molecule has 2 heterocycles. The van der Waals surface area contributed by atoms with Crippen molar-refractivity contribution in [1.29, 1.82) is 0 Å². The number of alkyl halides is 3. The summed E-state index contributed by atoms with van der Waals surface area (Å²) in [6.07, 6.45) is -2.96. The number of nitrogens with zero attached hydrogens (tertiary/aromatic N) is 3. The van der Waals surface area contributed by atoms with Crippen LogP contribution in [-0.2, 0) is 4.79 Å². The molecule has 6 nitrogen and oxygen atoms in total. The molecule has 3 aromatic rings. The first-order valence-corrected chi connectivity index (χ1v) is 8.16. The number of aromatic nitrogens is 3. The minimum absolute atomic E-state index is 0.0861. The Bertz CT molecular complexity index is 979. The lowest BCUT2D eigenvalue weighted by Crippen LogP contribution is -2.16. The summed E-state index contributed by atoms with van der Waals surface area (Å²) >= 11 is 0. The molecule has 0 bridgehead atoms. The second-order valence-electron chi connectivity index (χ2n) is 6.30. The average Bonchev–Trinajstić information content (AvgIpc) is 2.98. The van der Waals surface area contributed by atoms with Gasteiger partial charge in [-0.25, -0.2) is 0 Å². The van der Waals surface area contributed by atoms with Gasteiger partial charge in [0.1, 0.15) is 11.6 Å². The third-order valence-electron chi connectivity index (χ3n) is 3.78. The number of fused-ring (bicyclic) bond motifs is 1. The van der Waals surface area contributed by atoms with Gasteiger partial charge in [0.15, 0.2) is 5.65 Å². The van der Waals surface area contributed by atoms with Crippen molar-refractivity contribution in [2.24, 2.45) is 0 Å². The van der Waals surface area contributed by atoms with Crippen LogP contribution < -0.4 is 10.1 Å². The van der Waals surface area contributed by atoms with E-state index in [0.717, 1.165) is 0 Å². The standard InChI is InChI=1S/C18H17F3N4O2/c1-10(2)16-23-24-17-15(22-11(3)26)8-13(9-25(16)17)12-4-6-14(7-5-12)27-18(19,20)21/h4-10H,1-3H3,(H,22,26). The summed E-state index contributed by atoms with van der Waals surface area (Å²) in [6, 6.07) is 7.20. The van der Waals surface area contributed by atoms with E-state index in [1.54, 1.807) is 16.7 Å². The van der Waals surface area contributed by atoms with Crippen molar-refractivity contribution in [1.82, 2.24) is 14.6 Å². The van der Waals surface area contributed by atoms with Gasteiger partial charge in [-0.1, -0.05) is 26.0 Å². The van der Waals surface area contributed by atoms with Crippen molar-refractivity contribution in [3.05, 3.63) is 42.4 Å². The van der Waals surface area contributed by atoms with E-state index in [0.29, 0.717) is 28.3 Å². The smallest absolute Gasteiger partial charge is 0.406 e. The Morgan fingerprint density at radius 2 is 1.81 bits per heavy atom. The zero-order valence-electron chi connectivity index (χ0n) is 14.8. The molecule has 0 fully saturated rings. The molecule has 0 radical (unpaired) electrons. The number of benzene rings is 1. The summed E-state index contributed by atoms with van der Waals surface area (Å²) in [5.74, 6) is 0.220. The third kappa shape index (κ3) is 4.18. The fourth-order valence-electron chi connectivity index (χ4n) is 2.69. The Morgan fingerprint density at radius 3 is 2.37 bits per heavy atom. The predicted octanol–water partition coefficient (Wildman–Crippen LogP) is 4.38. The quantitative estimate of drug-likeness (QED) is 0.732. The van der Waals surface area contributed by atoms with Crippen LogP contribution in [0.3, 0.4) is 0 Å². The summed E-state index contributed by atoms with van der Waals surface area (Å²) in [4.78, 5) is 11.5. The first-order valence-electron chi connectivity index (χ1n) is 8.16. The topological polar surface area (TPSA) is 68.5 Å². The molecule has 1 N–H and O–H groups in total. The monoisotopic (exact) mass is 378 g/mol. The molecule has 0 aliphatic heterocycles. The lowest BCUT2D eigenvalue weighted by atomic mass is 10.1. The number of amides is 1. The van der Waals surface area contributed by atoms with Gasteiger partial charge in [0.2, 0.25) is 5.91 Å². The first-order chi connectivity index (χ1) is 12.6. The Kier molecular flexibility index (Phi) is 4.77. The molecule has 0 unspecified atom stereocenters.